The first-order valence-corrected chi connectivity index (χ1v) is 7.37. The summed E-state index contributed by atoms with van der Waals surface area (Å²) in [7, 11) is 0. The summed E-state index contributed by atoms with van der Waals surface area (Å²) in [5.41, 5.74) is 2.40. The highest BCUT2D eigenvalue weighted by atomic mass is 16.4. The Morgan fingerprint density at radius 1 is 1.00 bits per heavy atom. The smallest absolute Gasteiger partial charge is 0.0752 e. The van der Waals surface area contributed by atoms with E-state index in [0.717, 1.165) is 5.56 Å². The van der Waals surface area contributed by atoms with E-state index in [-0.39, 0.29) is 11.1 Å². The summed E-state index contributed by atoms with van der Waals surface area (Å²) in [6, 6.07) is 14.0. The van der Waals surface area contributed by atoms with Crippen molar-refractivity contribution < 1.29 is 19.8 Å². The van der Waals surface area contributed by atoms with Crippen molar-refractivity contribution in [1.82, 2.24) is 4.98 Å². The van der Waals surface area contributed by atoms with Crippen LogP contribution in [0, 0.1) is 6.92 Å². The number of carboxylic acids is 2. The zero-order chi connectivity index (χ0) is 17.3. The van der Waals surface area contributed by atoms with Gasteiger partial charge in [0.1, 0.15) is 0 Å². The predicted octanol–water partition coefficient (Wildman–Crippen LogP) is 0.866. The highest BCUT2D eigenvalue weighted by Gasteiger charge is 2.17. The molecule has 0 radical (unpaired) electrons. The van der Waals surface area contributed by atoms with Gasteiger partial charge in [0.15, 0.2) is 0 Å². The number of rotatable bonds is 4. The summed E-state index contributed by atoms with van der Waals surface area (Å²) in [6.07, 6.45) is -0.551. The Hall–Kier alpha value is -3.21. The number of aromatic carboxylic acids is 1. The van der Waals surface area contributed by atoms with E-state index < -0.39 is 18.4 Å². The second kappa shape index (κ2) is 6.12. The Morgan fingerprint density at radius 2 is 1.67 bits per heavy atom. The van der Waals surface area contributed by atoms with E-state index in [1.54, 1.807) is 36.4 Å². The number of nitrogens with zero attached hydrogens (tertiary/aromatic N) is 1. The van der Waals surface area contributed by atoms with Crippen molar-refractivity contribution in [3.8, 4) is 11.3 Å². The van der Waals surface area contributed by atoms with Gasteiger partial charge in [-0.2, -0.15) is 0 Å². The fourth-order valence-corrected chi connectivity index (χ4v) is 2.75. The normalized spacial score (nSPS) is 10.7. The van der Waals surface area contributed by atoms with Crippen LogP contribution in [0.15, 0.2) is 48.5 Å². The molecule has 0 fully saturated rings. The number of hydrogen-bond donors (Lipinski definition) is 0. The summed E-state index contributed by atoms with van der Waals surface area (Å²) < 4.78 is 0. The van der Waals surface area contributed by atoms with Crippen molar-refractivity contribution in [2.45, 2.75) is 13.3 Å². The number of hydrogen-bond acceptors (Lipinski definition) is 5. The molecule has 0 saturated heterocycles. The van der Waals surface area contributed by atoms with Crippen LogP contribution in [0.5, 0.6) is 0 Å². The molecule has 1 aromatic heterocycles. The number of aryl methyl sites for hydroxylation is 1. The van der Waals surface area contributed by atoms with Gasteiger partial charge in [-0.1, -0.05) is 48.0 Å². The van der Waals surface area contributed by atoms with Gasteiger partial charge in [0.25, 0.3) is 0 Å². The maximum Gasteiger partial charge on any atom is 0.0752 e. The minimum Gasteiger partial charge on any atom is -0.550 e. The average molecular weight is 319 g/mol. The molecular formula is C19H13NO4-2. The number of fused-ring (bicyclic) bond motifs is 1. The first-order chi connectivity index (χ1) is 11.5. The van der Waals surface area contributed by atoms with Crippen molar-refractivity contribution in [3.05, 3.63) is 65.2 Å². The monoisotopic (exact) mass is 319 g/mol. The number of carbonyl (C=O) groups is 2. The lowest BCUT2D eigenvalue weighted by atomic mass is 9.94. The Bertz CT molecular complexity index is 945. The molecule has 2 aromatic carbocycles. The Kier molecular flexibility index (Phi) is 4.00. The number of aromatic nitrogens is 1. The summed E-state index contributed by atoms with van der Waals surface area (Å²) in [4.78, 5) is 27.4. The van der Waals surface area contributed by atoms with Gasteiger partial charge < -0.3 is 19.8 Å². The van der Waals surface area contributed by atoms with Gasteiger partial charge in [-0.05, 0) is 18.6 Å². The first kappa shape index (κ1) is 15.7. The molecule has 1 heterocycles. The van der Waals surface area contributed by atoms with Gasteiger partial charge in [-0.3, -0.25) is 0 Å². The standard InChI is InChI=1S/C19H15NO4/c1-11-6-8-12(9-7-11)18-14(10-16(21)22)17(19(23)24)13-4-2-3-5-15(13)20-18/h2-9H,10H2,1H3,(H,21,22)(H,23,24)/p-2. The summed E-state index contributed by atoms with van der Waals surface area (Å²) in [5, 5.41) is 23.2. The Balaban J connectivity index is 2.40. The Labute approximate surface area is 138 Å². The zero-order valence-corrected chi connectivity index (χ0v) is 12.9. The molecule has 0 aliphatic rings. The molecule has 0 saturated carbocycles. The van der Waals surface area contributed by atoms with E-state index in [9.17, 15) is 19.8 Å². The molecule has 5 heteroatoms. The third-order valence-electron chi connectivity index (χ3n) is 3.84. The molecule has 0 spiro atoms. The first-order valence-electron chi connectivity index (χ1n) is 7.37. The van der Waals surface area contributed by atoms with Crippen molar-refractivity contribution in [2.75, 3.05) is 0 Å². The largest absolute Gasteiger partial charge is 0.550 e. The molecule has 5 nitrogen and oxygen atoms in total. The fourth-order valence-electron chi connectivity index (χ4n) is 2.75. The number of carboxylic acid groups (broad SMARTS) is 2. The van der Waals surface area contributed by atoms with E-state index in [2.05, 4.69) is 4.98 Å². The zero-order valence-electron chi connectivity index (χ0n) is 12.9. The maximum atomic E-state index is 11.7. The van der Waals surface area contributed by atoms with Crippen LogP contribution in [0.4, 0.5) is 0 Å². The van der Waals surface area contributed by atoms with Gasteiger partial charge in [0.05, 0.1) is 17.2 Å². The van der Waals surface area contributed by atoms with Crippen LogP contribution in [0.25, 0.3) is 22.2 Å². The highest BCUT2D eigenvalue weighted by Crippen LogP contribution is 2.30. The van der Waals surface area contributed by atoms with Gasteiger partial charge >= 0.3 is 0 Å². The average Bonchev–Trinajstić information content (AvgIpc) is 2.54. The molecule has 0 aliphatic heterocycles. The van der Waals surface area contributed by atoms with Crippen molar-refractivity contribution in [1.29, 1.82) is 0 Å². The van der Waals surface area contributed by atoms with E-state index in [4.69, 9.17) is 0 Å². The second-order valence-electron chi connectivity index (χ2n) is 5.53. The predicted molar refractivity (Wildman–Crippen MR) is 85.0 cm³/mol. The van der Waals surface area contributed by atoms with Crippen molar-refractivity contribution in [3.63, 3.8) is 0 Å². The van der Waals surface area contributed by atoms with Crippen LogP contribution in [-0.2, 0) is 11.2 Å². The number of carbonyl (C=O) groups excluding carboxylic acids is 2. The molecule has 0 amide bonds. The van der Waals surface area contributed by atoms with Gasteiger partial charge in [0.2, 0.25) is 0 Å². The summed E-state index contributed by atoms with van der Waals surface area (Å²) >= 11 is 0. The molecular weight excluding hydrogens is 306 g/mol. The molecule has 0 bridgehead atoms. The molecule has 3 aromatic rings. The van der Waals surface area contributed by atoms with Crippen LogP contribution in [0.2, 0.25) is 0 Å². The lowest BCUT2D eigenvalue weighted by Crippen LogP contribution is -2.29. The maximum absolute atomic E-state index is 11.7. The second-order valence-corrected chi connectivity index (χ2v) is 5.53. The highest BCUT2D eigenvalue weighted by molar-refractivity contribution is 6.05. The van der Waals surface area contributed by atoms with E-state index in [0.29, 0.717) is 22.2 Å². The molecule has 120 valence electrons. The van der Waals surface area contributed by atoms with Crippen LogP contribution < -0.4 is 10.2 Å². The van der Waals surface area contributed by atoms with E-state index in [1.165, 1.54) is 0 Å². The van der Waals surface area contributed by atoms with Gasteiger partial charge in [-0.25, -0.2) is 4.98 Å². The van der Waals surface area contributed by atoms with Crippen LogP contribution in [0.3, 0.4) is 0 Å². The fraction of sp³-hybridized carbons (Fsp3) is 0.105. The van der Waals surface area contributed by atoms with E-state index >= 15 is 0 Å². The van der Waals surface area contributed by atoms with Crippen LogP contribution >= 0.6 is 0 Å². The minimum atomic E-state index is -1.43. The molecule has 0 unspecified atom stereocenters. The molecule has 0 N–H and O–H groups in total. The van der Waals surface area contributed by atoms with Crippen LogP contribution in [0.1, 0.15) is 21.5 Å². The van der Waals surface area contributed by atoms with Crippen molar-refractivity contribution >= 4 is 22.8 Å². The van der Waals surface area contributed by atoms with Gasteiger partial charge in [0, 0.05) is 28.9 Å². The Morgan fingerprint density at radius 3 is 2.29 bits per heavy atom. The minimum absolute atomic E-state index is 0.0950. The number of aliphatic carboxylic acids is 1. The molecule has 24 heavy (non-hydrogen) atoms. The summed E-state index contributed by atoms with van der Waals surface area (Å²) in [6.45, 7) is 1.92. The van der Waals surface area contributed by atoms with Crippen molar-refractivity contribution in [2.24, 2.45) is 0 Å². The number of benzene rings is 2. The lowest BCUT2D eigenvalue weighted by molar-refractivity contribution is -0.304. The lowest BCUT2D eigenvalue weighted by Gasteiger charge is -2.18. The quantitative estimate of drug-likeness (QED) is 0.711. The summed E-state index contributed by atoms with van der Waals surface area (Å²) in [5.74, 6) is -2.80. The number of para-hydroxylation sites is 1. The van der Waals surface area contributed by atoms with Gasteiger partial charge in [-0.15, -0.1) is 0 Å². The SMILES string of the molecule is Cc1ccc(-c2nc3ccccc3c(C(=O)[O-])c2CC(=O)[O-])cc1. The molecule has 0 aliphatic carbocycles. The molecule has 0 atom stereocenters. The topological polar surface area (TPSA) is 93.2 Å². The number of pyridine rings is 1. The molecule has 3 rings (SSSR count). The van der Waals surface area contributed by atoms with E-state index in [1.807, 2.05) is 19.1 Å². The third kappa shape index (κ3) is 2.84. The third-order valence-corrected chi connectivity index (χ3v) is 3.84. The van der Waals surface area contributed by atoms with Crippen LogP contribution in [-0.4, -0.2) is 16.9 Å².